The van der Waals surface area contributed by atoms with Gasteiger partial charge in [0.15, 0.2) is 5.82 Å². The van der Waals surface area contributed by atoms with Gasteiger partial charge in [0.05, 0.1) is 17.2 Å². The summed E-state index contributed by atoms with van der Waals surface area (Å²) in [7, 11) is -3.55. The summed E-state index contributed by atoms with van der Waals surface area (Å²) in [4.78, 5) is 16.5. The summed E-state index contributed by atoms with van der Waals surface area (Å²) < 4.78 is 32.5. The number of benzene rings is 1. The van der Waals surface area contributed by atoms with E-state index in [1.165, 1.54) is 4.31 Å². The minimum absolute atomic E-state index is 0.0615. The fraction of sp³-hybridized carbons (Fsp3) is 0.526. The molecule has 1 aromatic heterocycles. The molecule has 28 heavy (non-hydrogen) atoms. The Hall–Kier alpha value is -2.26. The van der Waals surface area contributed by atoms with Crippen LogP contribution < -0.4 is 5.32 Å². The Morgan fingerprint density at radius 3 is 2.86 bits per heavy atom. The van der Waals surface area contributed by atoms with E-state index in [2.05, 4.69) is 22.4 Å². The van der Waals surface area contributed by atoms with Crippen molar-refractivity contribution in [1.82, 2.24) is 19.8 Å². The highest BCUT2D eigenvalue weighted by Gasteiger charge is 2.33. The van der Waals surface area contributed by atoms with E-state index in [0.717, 1.165) is 19.3 Å². The second kappa shape index (κ2) is 9.29. The molecule has 1 aromatic carbocycles. The number of hydrogen-bond donors (Lipinski definition) is 1. The third-order valence-corrected chi connectivity index (χ3v) is 6.65. The van der Waals surface area contributed by atoms with Crippen LogP contribution in [0, 0.1) is 0 Å². The van der Waals surface area contributed by atoms with Gasteiger partial charge in [0, 0.05) is 19.6 Å². The molecule has 2 aromatic rings. The summed E-state index contributed by atoms with van der Waals surface area (Å²) in [6.45, 7) is 3.45. The number of sulfonamides is 1. The summed E-state index contributed by atoms with van der Waals surface area (Å²) >= 11 is 0. The maximum absolute atomic E-state index is 12.8. The second-order valence-corrected chi connectivity index (χ2v) is 8.88. The molecule has 2 heterocycles. The normalized spacial score (nSPS) is 18.1. The molecule has 1 aliphatic rings. The minimum Gasteiger partial charge on any atom is -0.356 e. The third-order valence-electron chi connectivity index (χ3n) is 4.77. The number of carbonyl (C=O) groups excluding carboxylic acids is 1. The van der Waals surface area contributed by atoms with Gasteiger partial charge in [0.25, 0.3) is 0 Å². The molecule has 0 saturated carbocycles. The van der Waals surface area contributed by atoms with E-state index in [1.807, 2.05) is 0 Å². The molecule has 1 amide bonds. The van der Waals surface area contributed by atoms with E-state index in [4.69, 9.17) is 4.52 Å². The number of nitrogens with zero attached hydrogens (tertiary/aromatic N) is 3. The molecule has 1 fully saturated rings. The predicted octanol–water partition coefficient (Wildman–Crippen LogP) is 2.10. The van der Waals surface area contributed by atoms with Gasteiger partial charge in [-0.2, -0.15) is 9.29 Å². The van der Waals surface area contributed by atoms with Crippen molar-refractivity contribution in [2.24, 2.45) is 0 Å². The Labute approximate surface area is 165 Å². The molecule has 1 unspecified atom stereocenters. The molecule has 0 spiro atoms. The predicted molar refractivity (Wildman–Crippen MR) is 103 cm³/mol. The molecule has 9 heteroatoms. The fourth-order valence-electron chi connectivity index (χ4n) is 3.22. The molecular weight excluding hydrogens is 380 g/mol. The van der Waals surface area contributed by atoms with Gasteiger partial charge in [-0.05, 0) is 31.4 Å². The van der Waals surface area contributed by atoms with Crippen molar-refractivity contribution in [3.8, 4) is 0 Å². The molecule has 1 atom stereocenters. The topological polar surface area (TPSA) is 105 Å². The molecule has 1 saturated heterocycles. The van der Waals surface area contributed by atoms with E-state index in [-0.39, 0.29) is 23.1 Å². The molecule has 1 N–H and O–H groups in total. The van der Waals surface area contributed by atoms with Gasteiger partial charge >= 0.3 is 0 Å². The zero-order chi connectivity index (χ0) is 20.0. The molecule has 0 bridgehead atoms. The van der Waals surface area contributed by atoms with Crippen molar-refractivity contribution < 1.29 is 17.7 Å². The molecule has 1 aliphatic heterocycles. The number of rotatable bonds is 8. The molecule has 0 aliphatic carbocycles. The fourth-order valence-corrected chi connectivity index (χ4v) is 4.76. The first kappa shape index (κ1) is 20.5. The van der Waals surface area contributed by atoms with Crippen molar-refractivity contribution in [2.45, 2.75) is 49.8 Å². The van der Waals surface area contributed by atoms with Crippen molar-refractivity contribution in [2.75, 3.05) is 19.6 Å². The van der Waals surface area contributed by atoms with Crippen molar-refractivity contribution in [3.05, 3.63) is 42.0 Å². The van der Waals surface area contributed by atoms with Gasteiger partial charge in [-0.1, -0.05) is 36.7 Å². The SMILES string of the molecule is CCCCNC(=O)Cc1noc(C2CCCN(S(=O)(=O)c3ccccc3)C2)n1. The standard InChI is InChI=1S/C19H26N4O4S/c1-2-3-11-20-18(24)13-17-21-19(27-22-17)15-8-7-12-23(14-15)28(25,26)16-9-5-4-6-10-16/h4-6,9-10,15H,2-3,7-8,11-14H2,1H3,(H,20,24). The first-order valence-electron chi connectivity index (χ1n) is 9.65. The van der Waals surface area contributed by atoms with E-state index < -0.39 is 10.0 Å². The lowest BCUT2D eigenvalue weighted by atomic mass is 10.00. The van der Waals surface area contributed by atoms with Gasteiger partial charge in [0.2, 0.25) is 21.8 Å². The number of aromatic nitrogens is 2. The second-order valence-electron chi connectivity index (χ2n) is 6.94. The number of amides is 1. The Morgan fingerprint density at radius 1 is 1.32 bits per heavy atom. The smallest absolute Gasteiger partial charge is 0.243 e. The Kier molecular flexibility index (Phi) is 6.79. The van der Waals surface area contributed by atoms with E-state index in [9.17, 15) is 13.2 Å². The number of nitrogens with one attached hydrogen (secondary N) is 1. The van der Waals surface area contributed by atoms with E-state index in [1.54, 1.807) is 30.3 Å². The molecule has 3 rings (SSSR count). The maximum atomic E-state index is 12.8. The van der Waals surface area contributed by atoms with Crippen LogP contribution in [-0.4, -0.2) is 48.4 Å². The zero-order valence-corrected chi connectivity index (χ0v) is 16.8. The molecular formula is C19H26N4O4S. The minimum atomic E-state index is -3.55. The average Bonchev–Trinajstić information content (AvgIpc) is 3.17. The third kappa shape index (κ3) is 4.96. The number of piperidine rings is 1. The summed E-state index contributed by atoms with van der Waals surface area (Å²) in [6.07, 6.45) is 3.48. The van der Waals surface area contributed by atoms with E-state index in [0.29, 0.717) is 37.8 Å². The largest absolute Gasteiger partial charge is 0.356 e. The van der Waals surface area contributed by atoms with Gasteiger partial charge in [-0.25, -0.2) is 8.42 Å². The van der Waals surface area contributed by atoms with Crippen molar-refractivity contribution in [1.29, 1.82) is 0 Å². The lowest BCUT2D eigenvalue weighted by Crippen LogP contribution is -2.39. The lowest BCUT2D eigenvalue weighted by Gasteiger charge is -2.30. The first-order chi connectivity index (χ1) is 13.5. The molecule has 0 radical (unpaired) electrons. The van der Waals surface area contributed by atoms with Gasteiger partial charge < -0.3 is 9.84 Å². The van der Waals surface area contributed by atoms with E-state index >= 15 is 0 Å². The summed E-state index contributed by atoms with van der Waals surface area (Å²) in [6, 6.07) is 8.41. The van der Waals surface area contributed by atoms with Crippen molar-refractivity contribution >= 4 is 15.9 Å². The summed E-state index contributed by atoms with van der Waals surface area (Å²) in [5.41, 5.74) is 0. The van der Waals surface area contributed by atoms with Crippen LogP contribution in [0.15, 0.2) is 39.8 Å². The van der Waals surface area contributed by atoms with Crippen LogP contribution in [-0.2, 0) is 21.2 Å². The number of unbranched alkanes of at least 4 members (excludes halogenated alkanes) is 1. The molecule has 8 nitrogen and oxygen atoms in total. The zero-order valence-electron chi connectivity index (χ0n) is 16.0. The highest BCUT2D eigenvalue weighted by atomic mass is 32.2. The highest BCUT2D eigenvalue weighted by molar-refractivity contribution is 7.89. The molecule has 152 valence electrons. The van der Waals surface area contributed by atoms with Crippen LogP contribution in [0.2, 0.25) is 0 Å². The van der Waals surface area contributed by atoms with Crippen molar-refractivity contribution in [3.63, 3.8) is 0 Å². The average molecular weight is 407 g/mol. The maximum Gasteiger partial charge on any atom is 0.243 e. The number of carbonyl (C=O) groups is 1. The van der Waals surface area contributed by atoms with Crippen LogP contribution in [0.4, 0.5) is 0 Å². The van der Waals surface area contributed by atoms with Crippen LogP contribution in [0.5, 0.6) is 0 Å². The van der Waals surface area contributed by atoms with Crippen LogP contribution >= 0.6 is 0 Å². The van der Waals surface area contributed by atoms with Crippen LogP contribution in [0.1, 0.15) is 50.2 Å². The van der Waals surface area contributed by atoms with Gasteiger partial charge in [-0.3, -0.25) is 4.79 Å². The number of hydrogen-bond acceptors (Lipinski definition) is 6. The van der Waals surface area contributed by atoms with Crippen LogP contribution in [0.25, 0.3) is 0 Å². The quantitative estimate of drug-likeness (QED) is 0.673. The summed E-state index contributed by atoms with van der Waals surface area (Å²) in [5.74, 6) is 0.408. The summed E-state index contributed by atoms with van der Waals surface area (Å²) in [5, 5.41) is 6.71. The van der Waals surface area contributed by atoms with Gasteiger partial charge in [0.1, 0.15) is 0 Å². The van der Waals surface area contributed by atoms with Crippen LogP contribution in [0.3, 0.4) is 0 Å². The Morgan fingerprint density at radius 2 is 2.11 bits per heavy atom. The van der Waals surface area contributed by atoms with Gasteiger partial charge in [-0.15, -0.1) is 0 Å². The Bertz CT molecular complexity index is 882. The monoisotopic (exact) mass is 406 g/mol. The highest BCUT2D eigenvalue weighted by Crippen LogP contribution is 2.29. The first-order valence-corrected chi connectivity index (χ1v) is 11.1. The lowest BCUT2D eigenvalue weighted by molar-refractivity contribution is -0.120. The Balaban J connectivity index is 1.63.